The van der Waals surface area contributed by atoms with Crippen molar-refractivity contribution in [3.8, 4) is 11.4 Å². The second-order valence-corrected chi connectivity index (χ2v) is 8.77. The van der Waals surface area contributed by atoms with Crippen molar-refractivity contribution in [3.05, 3.63) is 81.9 Å². The van der Waals surface area contributed by atoms with Crippen LogP contribution in [0.3, 0.4) is 0 Å². The van der Waals surface area contributed by atoms with Crippen LogP contribution in [0.2, 0.25) is 5.02 Å². The van der Waals surface area contributed by atoms with Gasteiger partial charge in [0.1, 0.15) is 0 Å². The molecule has 0 unspecified atom stereocenters. The topological polar surface area (TPSA) is 80.2 Å². The number of benzene rings is 2. The average molecular weight is 435 g/mol. The van der Waals surface area contributed by atoms with Crippen molar-refractivity contribution in [1.29, 1.82) is 0 Å². The van der Waals surface area contributed by atoms with E-state index in [-0.39, 0.29) is 0 Å². The molecule has 0 bridgehead atoms. The molecule has 0 radical (unpaired) electrons. The first kappa shape index (κ1) is 19.2. The standard InChI is InChI=1S/C22H19ClN6S/c23-17-4-1-3-16(13-17)22-24-18-5-2-10-30-21(18)19(25-22)11-14-6-8-15(9-7-14)12-20-26-28-29-27-20/h1,3-4,6-9,13H,2,5,10-12H2,(H,26,27,28,29). The summed E-state index contributed by atoms with van der Waals surface area (Å²) in [4.78, 5) is 11.1. The van der Waals surface area contributed by atoms with E-state index in [4.69, 9.17) is 21.6 Å². The molecule has 5 rings (SSSR count). The van der Waals surface area contributed by atoms with Crippen molar-refractivity contribution < 1.29 is 0 Å². The SMILES string of the molecule is Clc1cccc(-c2nc3c(c(Cc4ccc(Cc5nn[nH]n5)cc4)n2)SCCC3)c1. The molecule has 30 heavy (non-hydrogen) atoms. The Balaban J connectivity index is 1.45. The Kier molecular flexibility index (Phi) is 5.46. The number of nitrogens with zero attached hydrogens (tertiary/aromatic N) is 5. The first-order valence-corrected chi connectivity index (χ1v) is 11.2. The van der Waals surface area contributed by atoms with Gasteiger partial charge >= 0.3 is 0 Å². The Bertz CT molecular complexity index is 1160. The third-order valence-electron chi connectivity index (χ3n) is 5.04. The maximum Gasteiger partial charge on any atom is 0.178 e. The highest BCUT2D eigenvalue weighted by atomic mass is 35.5. The number of aromatic nitrogens is 6. The first-order chi connectivity index (χ1) is 14.7. The summed E-state index contributed by atoms with van der Waals surface area (Å²) < 4.78 is 0. The zero-order chi connectivity index (χ0) is 20.3. The van der Waals surface area contributed by atoms with Crippen LogP contribution >= 0.6 is 23.4 Å². The molecule has 0 fully saturated rings. The molecule has 4 aromatic rings. The van der Waals surface area contributed by atoms with Gasteiger partial charge in [0.2, 0.25) is 0 Å². The number of halogens is 1. The van der Waals surface area contributed by atoms with E-state index in [0.717, 1.165) is 53.4 Å². The third kappa shape index (κ3) is 4.22. The van der Waals surface area contributed by atoms with Gasteiger partial charge in [-0.15, -0.1) is 22.0 Å². The smallest absolute Gasteiger partial charge is 0.178 e. The second-order valence-electron chi connectivity index (χ2n) is 7.23. The molecule has 0 atom stereocenters. The Labute approximate surface area is 183 Å². The molecule has 1 aliphatic heterocycles. The summed E-state index contributed by atoms with van der Waals surface area (Å²) in [5.74, 6) is 2.56. The number of fused-ring (bicyclic) bond motifs is 1. The van der Waals surface area contributed by atoms with Crippen LogP contribution in [-0.4, -0.2) is 36.3 Å². The van der Waals surface area contributed by atoms with Crippen LogP contribution in [0.5, 0.6) is 0 Å². The summed E-state index contributed by atoms with van der Waals surface area (Å²) in [6, 6.07) is 16.3. The van der Waals surface area contributed by atoms with Gasteiger partial charge in [-0.2, -0.15) is 5.21 Å². The summed E-state index contributed by atoms with van der Waals surface area (Å²) >= 11 is 8.07. The fourth-order valence-corrected chi connectivity index (χ4v) is 4.87. The summed E-state index contributed by atoms with van der Waals surface area (Å²) in [5.41, 5.74) is 5.57. The highest BCUT2D eigenvalue weighted by Gasteiger charge is 2.19. The molecular weight excluding hydrogens is 416 g/mol. The summed E-state index contributed by atoms with van der Waals surface area (Å²) in [6.07, 6.45) is 3.57. The van der Waals surface area contributed by atoms with Crippen LogP contribution in [0.1, 0.15) is 34.8 Å². The number of hydrogen-bond acceptors (Lipinski definition) is 6. The van der Waals surface area contributed by atoms with E-state index in [0.29, 0.717) is 17.3 Å². The molecule has 2 aromatic carbocycles. The Morgan fingerprint density at radius 1 is 1.00 bits per heavy atom. The minimum absolute atomic E-state index is 0.661. The van der Waals surface area contributed by atoms with Gasteiger partial charge in [0, 0.05) is 23.4 Å². The second kappa shape index (κ2) is 8.53. The first-order valence-electron chi connectivity index (χ1n) is 9.83. The van der Waals surface area contributed by atoms with E-state index >= 15 is 0 Å². The third-order valence-corrected chi connectivity index (χ3v) is 6.53. The highest BCUT2D eigenvalue weighted by Crippen LogP contribution is 2.34. The van der Waals surface area contributed by atoms with Crippen molar-refractivity contribution >= 4 is 23.4 Å². The van der Waals surface area contributed by atoms with Gasteiger partial charge in [0.05, 0.1) is 16.3 Å². The number of hydrogen-bond donors (Lipinski definition) is 1. The van der Waals surface area contributed by atoms with Crippen LogP contribution in [0, 0.1) is 0 Å². The van der Waals surface area contributed by atoms with Gasteiger partial charge in [0.25, 0.3) is 0 Å². The maximum absolute atomic E-state index is 6.20. The Morgan fingerprint density at radius 3 is 2.60 bits per heavy atom. The molecule has 2 aromatic heterocycles. The van der Waals surface area contributed by atoms with Gasteiger partial charge < -0.3 is 0 Å². The fraction of sp³-hybridized carbons (Fsp3) is 0.227. The largest absolute Gasteiger partial charge is 0.232 e. The summed E-state index contributed by atoms with van der Waals surface area (Å²) in [5, 5.41) is 14.8. The van der Waals surface area contributed by atoms with Crippen molar-refractivity contribution in [3.63, 3.8) is 0 Å². The van der Waals surface area contributed by atoms with Crippen molar-refractivity contribution in [1.82, 2.24) is 30.6 Å². The van der Waals surface area contributed by atoms with Crippen molar-refractivity contribution in [2.24, 2.45) is 0 Å². The molecule has 6 nitrogen and oxygen atoms in total. The molecule has 0 aliphatic carbocycles. The summed E-state index contributed by atoms with van der Waals surface area (Å²) in [6.45, 7) is 0. The molecule has 1 aliphatic rings. The normalized spacial score (nSPS) is 13.2. The molecule has 3 heterocycles. The Morgan fingerprint density at radius 2 is 1.83 bits per heavy atom. The fourth-order valence-electron chi connectivity index (χ4n) is 3.58. The molecule has 1 N–H and O–H groups in total. The molecule has 0 saturated heterocycles. The lowest BCUT2D eigenvalue weighted by Crippen LogP contribution is -2.09. The molecule has 0 spiro atoms. The van der Waals surface area contributed by atoms with Gasteiger partial charge in [-0.3, -0.25) is 0 Å². The van der Waals surface area contributed by atoms with Gasteiger partial charge in [-0.25, -0.2) is 9.97 Å². The van der Waals surface area contributed by atoms with Crippen LogP contribution in [0.15, 0.2) is 53.4 Å². The molecule has 150 valence electrons. The minimum atomic E-state index is 0.661. The number of H-pyrrole nitrogens is 1. The van der Waals surface area contributed by atoms with E-state index < -0.39 is 0 Å². The van der Waals surface area contributed by atoms with E-state index in [1.165, 1.54) is 10.5 Å². The number of rotatable bonds is 5. The minimum Gasteiger partial charge on any atom is -0.232 e. The predicted octanol–water partition coefficient (Wildman–Crippen LogP) is 4.53. The van der Waals surface area contributed by atoms with Crippen LogP contribution in [0.25, 0.3) is 11.4 Å². The summed E-state index contributed by atoms with van der Waals surface area (Å²) in [7, 11) is 0. The van der Waals surface area contributed by atoms with Gasteiger partial charge in [-0.1, -0.05) is 53.2 Å². The van der Waals surface area contributed by atoms with Crippen LogP contribution < -0.4 is 0 Å². The van der Waals surface area contributed by atoms with Gasteiger partial charge in [0.15, 0.2) is 11.6 Å². The monoisotopic (exact) mass is 434 g/mol. The highest BCUT2D eigenvalue weighted by molar-refractivity contribution is 7.99. The van der Waals surface area contributed by atoms with Gasteiger partial charge in [-0.05, 0) is 41.9 Å². The number of aryl methyl sites for hydroxylation is 1. The van der Waals surface area contributed by atoms with E-state index in [1.807, 2.05) is 36.0 Å². The number of tetrazole rings is 1. The molecular formula is C22H19ClN6S. The van der Waals surface area contributed by atoms with Crippen molar-refractivity contribution in [2.75, 3.05) is 5.75 Å². The lowest BCUT2D eigenvalue weighted by Gasteiger charge is -2.19. The van der Waals surface area contributed by atoms with Crippen LogP contribution in [0.4, 0.5) is 0 Å². The lowest BCUT2D eigenvalue weighted by atomic mass is 10.0. The number of thioether (sulfide) groups is 1. The predicted molar refractivity (Wildman–Crippen MR) is 118 cm³/mol. The van der Waals surface area contributed by atoms with E-state index in [1.54, 1.807) is 0 Å². The number of nitrogens with one attached hydrogen (secondary N) is 1. The number of aromatic amines is 1. The lowest BCUT2D eigenvalue weighted by molar-refractivity contribution is 0.807. The molecule has 8 heteroatoms. The Hall–Kier alpha value is -2.77. The quantitative estimate of drug-likeness (QED) is 0.497. The average Bonchev–Trinajstić information content (AvgIpc) is 3.28. The zero-order valence-electron chi connectivity index (χ0n) is 16.2. The van der Waals surface area contributed by atoms with Crippen molar-refractivity contribution in [2.45, 2.75) is 30.6 Å². The molecule has 0 amide bonds. The maximum atomic E-state index is 6.20. The van der Waals surface area contributed by atoms with E-state index in [2.05, 4.69) is 44.9 Å². The zero-order valence-corrected chi connectivity index (χ0v) is 17.7. The van der Waals surface area contributed by atoms with Crippen LogP contribution in [-0.2, 0) is 19.3 Å². The van der Waals surface area contributed by atoms with E-state index in [9.17, 15) is 0 Å². The molecule has 0 saturated carbocycles.